The third-order valence-corrected chi connectivity index (χ3v) is 3.89. The molecule has 0 unspecified atom stereocenters. The highest BCUT2D eigenvalue weighted by atomic mass is 79.9. The van der Waals surface area contributed by atoms with E-state index in [2.05, 4.69) is 31.9 Å². The first-order valence-corrected chi connectivity index (χ1v) is 7.71. The van der Waals surface area contributed by atoms with Crippen molar-refractivity contribution in [3.05, 3.63) is 50.9 Å². The Morgan fingerprint density at radius 3 is 2.33 bits per heavy atom. The van der Waals surface area contributed by atoms with Gasteiger partial charge >= 0.3 is 0 Å². The third kappa shape index (κ3) is 3.77. The van der Waals surface area contributed by atoms with Crippen LogP contribution in [0.5, 0.6) is 11.5 Å². The number of nitrogens with zero attached hydrogens (tertiary/aromatic N) is 1. The van der Waals surface area contributed by atoms with Gasteiger partial charge < -0.3 is 15.4 Å². The van der Waals surface area contributed by atoms with Gasteiger partial charge in [-0.25, -0.2) is 0 Å². The van der Waals surface area contributed by atoms with E-state index < -0.39 is 0 Å². The Morgan fingerprint density at radius 1 is 1.10 bits per heavy atom. The van der Waals surface area contributed by atoms with E-state index in [1.165, 1.54) is 4.90 Å². The highest BCUT2D eigenvalue weighted by Crippen LogP contribution is 2.34. The Morgan fingerprint density at radius 2 is 1.76 bits per heavy atom. The molecular formula is C15H14Br2N2O2. The van der Waals surface area contributed by atoms with Crippen molar-refractivity contribution in [2.75, 3.05) is 19.8 Å². The first-order chi connectivity index (χ1) is 9.88. The lowest BCUT2D eigenvalue weighted by atomic mass is 10.1. The number of carbonyl (C=O) groups excluding carboxylic acids is 1. The van der Waals surface area contributed by atoms with Crippen LogP contribution in [-0.4, -0.2) is 24.9 Å². The molecule has 0 aliphatic rings. The smallest absolute Gasteiger partial charge is 0.253 e. The summed E-state index contributed by atoms with van der Waals surface area (Å²) in [6, 6.07) is 10.6. The predicted molar refractivity (Wildman–Crippen MR) is 90.8 cm³/mol. The zero-order valence-electron chi connectivity index (χ0n) is 11.6. The van der Waals surface area contributed by atoms with Crippen LogP contribution in [0.2, 0.25) is 0 Å². The highest BCUT2D eigenvalue weighted by Gasteiger charge is 2.12. The number of hydrogen-bond donors (Lipinski definition) is 1. The van der Waals surface area contributed by atoms with E-state index in [1.807, 2.05) is 18.2 Å². The number of hydrogen-bond acceptors (Lipinski definition) is 3. The normalized spacial score (nSPS) is 10.3. The number of rotatable bonds is 3. The molecule has 0 aliphatic carbocycles. The molecule has 21 heavy (non-hydrogen) atoms. The standard InChI is InChI=1S/C15H14Br2N2O2/c1-19(2)15(20)9-3-5-14(12(18)7-9)21-13-6-4-10(16)8-11(13)17/h3-8H,18H2,1-2H3. The Bertz CT molecular complexity index is 687. The molecule has 2 N–H and O–H groups in total. The van der Waals surface area contributed by atoms with Crippen LogP contribution in [-0.2, 0) is 0 Å². The molecule has 0 saturated carbocycles. The minimum atomic E-state index is -0.0990. The first-order valence-electron chi connectivity index (χ1n) is 6.12. The molecule has 0 atom stereocenters. The second-order valence-corrected chi connectivity index (χ2v) is 6.40. The van der Waals surface area contributed by atoms with Crippen molar-refractivity contribution in [3.8, 4) is 11.5 Å². The average molecular weight is 414 g/mol. The fourth-order valence-electron chi connectivity index (χ4n) is 1.71. The summed E-state index contributed by atoms with van der Waals surface area (Å²) in [6.45, 7) is 0. The number of nitrogens with two attached hydrogens (primary N) is 1. The topological polar surface area (TPSA) is 55.6 Å². The van der Waals surface area contributed by atoms with Crippen LogP contribution in [0.15, 0.2) is 45.3 Å². The minimum Gasteiger partial charge on any atom is -0.454 e. The summed E-state index contributed by atoms with van der Waals surface area (Å²) in [5.74, 6) is 1.06. The van der Waals surface area contributed by atoms with Crippen molar-refractivity contribution < 1.29 is 9.53 Å². The molecule has 0 radical (unpaired) electrons. The van der Waals surface area contributed by atoms with Gasteiger partial charge in [0.25, 0.3) is 5.91 Å². The minimum absolute atomic E-state index is 0.0990. The largest absolute Gasteiger partial charge is 0.454 e. The average Bonchev–Trinajstić information content (AvgIpc) is 2.42. The van der Waals surface area contributed by atoms with Gasteiger partial charge in [-0.2, -0.15) is 0 Å². The van der Waals surface area contributed by atoms with Crippen molar-refractivity contribution in [2.45, 2.75) is 0 Å². The molecule has 110 valence electrons. The molecule has 2 aromatic rings. The van der Waals surface area contributed by atoms with Gasteiger partial charge in [-0.05, 0) is 52.3 Å². The Hall–Kier alpha value is -1.53. The summed E-state index contributed by atoms with van der Waals surface area (Å²) < 4.78 is 7.53. The summed E-state index contributed by atoms with van der Waals surface area (Å²) in [5.41, 5.74) is 6.91. The number of benzene rings is 2. The van der Waals surface area contributed by atoms with Crippen LogP contribution < -0.4 is 10.5 Å². The van der Waals surface area contributed by atoms with Gasteiger partial charge in [0, 0.05) is 24.1 Å². The van der Waals surface area contributed by atoms with E-state index in [4.69, 9.17) is 10.5 Å². The van der Waals surface area contributed by atoms with E-state index in [0.29, 0.717) is 22.7 Å². The van der Waals surface area contributed by atoms with Crippen molar-refractivity contribution in [1.82, 2.24) is 4.90 Å². The Labute approximate surface area is 140 Å². The Kier molecular flexibility index (Phi) is 4.90. The maximum Gasteiger partial charge on any atom is 0.253 e. The molecule has 0 saturated heterocycles. The molecule has 4 nitrogen and oxygen atoms in total. The van der Waals surface area contributed by atoms with Crippen LogP contribution >= 0.6 is 31.9 Å². The number of nitrogen functional groups attached to an aromatic ring is 1. The summed E-state index contributed by atoms with van der Waals surface area (Å²) in [7, 11) is 3.39. The van der Waals surface area contributed by atoms with Crippen LogP contribution in [0, 0.1) is 0 Å². The van der Waals surface area contributed by atoms with Crippen molar-refractivity contribution >= 4 is 43.5 Å². The fraction of sp³-hybridized carbons (Fsp3) is 0.133. The third-order valence-electron chi connectivity index (χ3n) is 2.78. The van der Waals surface area contributed by atoms with E-state index in [0.717, 1.165) is 8.95 Å². The predicted octanol–water partition coefficient (Wildman–Crippen LogP) is 4.29. The molecular weight excluding hydrogens is 400 g/mol. The number of ether oxygens (including phenoxy) is 1. The monoisotopic (exact) mass is 412 g/mol. The maximum atomic E-state index is 11.9. The molecule has 2 aromatic carbocycles. The molecule has 0 fully saturated rings. The van der Waals surface area contributed by atoms with Crippen LogP contribution in [0.3, 0.4) is 0 Å². The summed E-state index contributed by atoms with van der Waals surface area (Å²) in [6.07, 6.45) is 0. The lowest BCUT2D eigenvalue weighted by Crippen LogP contribution is -2.21. The molecule has 0 spiro atoms. The van der Waals surface area contributed by atoms with Gasteiger partial charge in [0.05, 0.1) is 10.2 Å². The van der Waals surface area contributed by atoms with Crippen molar-refractivity contribution in [2.24, 2.45) is 0 Å². The first kappa shape index (κ1) is 15.9. The molecule has 2 rings (SSSR count). The van der Waals surface area contributed by atoms with Gasteiger partial charge in [0.1, 0.15) is 11.5 Å². The highest BCUT2D eigenvalue weighted by molar-refractivity contribution is 9.11. The zero-order valence-corrected chi connectivity index (χ0v) is 14.7. The second kappa shape index (κ2) is 6.49. The lowest BCUT2D eigenvalue weighted by Gasteiger charge is -2.13. The van der Waals surface area contributed by atoms with Gasteiger partial charge in [-0.1, -0.05) is 15.9 Å². The van der Waals surface area contributed by atoms with Gasteiger partial charge in [0.15, 0.2) is 0 Å². The van der Waals surface area contributed by atoms with E-state index in [1.54, 1.807) is 32.3 Å². The fourth-order valence-corrected chi connectivity index (χ4v) is 2.84. The number of halogens is 2. The van der Waals surface area contributed by atoms with Crippen molar-refractivity contribution in [3.63, 3.8) is 0 Å². The SMILES string of the molecule is CN(C)C(=O)c1ccc(Oc2ccc(Br)cc2Br)c(N)c1. The molecule has 0 aliphatic heterocycles. The van der Waals surface area contributed by atoms with Gasteiger partial charge in [-0.3, -0.25) is 4.79 Å². The van der Waals surface area contributed by atoms with Gasteiger partial charge in [0.2, 0.25) is 0 Å². The van der Waals surface area contributed by atoms with E-state index in [9.17, 15) is 4.79 Å². The molecule has 6 heteroatoms. The van der Waals surface area contributed by atoms with Crippen LogP contribution in [0.1, 0.15) is 10.4 Å². The zero-order chi connectivity index (χ0) is 15.6. The number of anilines is 1. The van der Waals surface area contributed by atoms with Crippen molar-refractivity contribution in [1.29, 1.82) is 0 Å². The quantitative estimate of drug-likeness (QED) is 0.763. The molecule has 1 amide bonds. The summed E-state index contributed by atoms with van der Waals surface area (Å²) in [5, 5.41) is 0. The molecule has 0 bridgehead atoms. The van der Waals surface area contributed by atoms with E-state index >= 15 is 0 Å². The molecule has 0 aromatic heterocycles. The second-order valence-electron chi connectivity index (χ2n) is 4.63. The lowest BCUT2D eigenvalue weighted by molar-refractivity contribution is 0.0827. The Balaban J connectivity index is 2.27. The van der Waals surface area contributed by atoms with E-state index in [-0.39, 0.29) is 5.91 Å². The van der Waals surface area contributed by atoms with Gasteiger partial charge in [-0.15, -0.1) is 0 Å². The van der Waals surface area contributed by atoms with Crippen LogP contribution in [0.25, 0.3) is 0 Å². The summed E-state index contributed by atoms with van der Waals surface area (Å²) in [4.78, 5) is 13.4. The molecule has 0 heterocycles. The van der Waals surface area contributed by atoms with Crippen LogP contribution in [0.4, 0.5) is 5.69 Å². The summed E-state index contributed by atoms with van der Waals surface area (Å²) >= 11 is 6.81. The maximum absolute atomic E-state index is 11.9. The number of amides is 1. The number of carbonyl (C=O) groups is 1.